The maximum absolute atomic E-state index is 13.7. The molecule has 1 heterocycles. The summed E-state index contributed by atoms with van der Waals surface area (Å²) in [4.78, 5) is 20.0. The Balaban J connectivity index is 1.80. The highest BCUT2D eigenvalue weighted by molar-refractivity contribution is 6.30. The van der Waals surface area contributed by atoms with Gasteiger partial charge in [0.2, 0.25) is 0 Å². The van der Waals surface area contributed by atoms with E-state index in [9.17, 15) is 9.90 Å². The number of carbonyl (C=O) groups excluding carboxylic acids is 1. The van der Waals surface area contributed by atoms with Crippen LogP contribution in [0, 0.1) is 11.8 Å². The first-order valence-corrected chi connectivity index (χ1v) is 10.4. The maximum atomic E-state index is 13.7. The molecule has 0 saturated heterocycles. The Labute approximate surface area is 176 Å². The maximum Gasteiger partial charge on any atom is 0.262 e. The first kappa shape index (κ1) is 19.9. The summed E-state index contributed by atoms with van der Waals surface area (Å²) < 4.78 is 0. The molecule has 29 heavy (non-hydrogen) atoms. The van der Waals surface area contributed by atoms with Crippen LogP contribution in [0.5, 0.6) is 0 Å². The highest BCUT2D eigenvalue weighted by atomic mass is 35.5. The molecule has 1 amide bonds. The molecule has 2 atom stereocenters. The lowest BCUT2D eigenvalue weighted by Gasteiger charge is -2.32. The predicted octanol–water partition coefficient (Wildman–Crippen LogP) is 3.79. The van der Waals surface area contributed by atoms with Gasteiger partial charge in [0.25, 0.3) is 5.91 Å². The number of aliphatic hydroxyl groups excluding tert-OH is 1. The van der Waals surface area contributed by atoms with Crippen molar-refractivity contribution in [1.82, 2.24) is 4.90 Å². The third kappa shape index (κ3) is 3.32. The van der Waals surface area contributed by atoms with Gasteiger partial charge in [0.05, 0.1) is 12.6 Å². The van der Waals surface area contributed by atoms with Crippen molar-refractivity contribution in [2.24, 2.45) is 22.6 Å². The van der Waals surface area contributed by atoms with Crippen LogP contribution in [-0.4, -0.2) is 34.5 Å². The topological polar surface area (TPSA) is 78.9 Å². The Morgan fingerprint density at radius 2 is 1.86 bits per heavy atom. The van der Waals surface area contributed by atoms with Gasteiger partial charge < -0.3 is 10.8 Å². The summed E-state index contributed by atoms with van der Waals surface area (Å²) in [5.74, 6) is 0.251. The number of guanidine groups is 1. The average molecular weight is 412 g/mol. The zero-order valence-electron chi connectivity index (χ0n) is 16.7. The SMILES string of the molecule is CC(C)C(CO)N1C(=O)C(c2cccc(-c3cccc(Cl)c3)c2)(C2CC2)N=C1N. The molecule has 2 aliphatic rings. The van der Waals surface area contributed by atoms with Crippen molar-refractivity contribution in [2.75, 3.05) is 6.61 Å². The lowest BCUT2D eigenvalue weighted by Crippen LogP contribution is -2.52. The Morgan fingerprint density at radius 3 is 2.45 bits per heavy atom. The molecule has 2 aromatic rings. The van der Waals surface area contributed by atoms with Crippen molar-refractivity contribution in [3.05, 3.63) is 59.1 Å². The van der Waals surface area contributed by atoms with E-state index in [0.717, 1.165) is 29.5 Å². The largest absolute Gasteiger partial charge is 0.394 e. The summed E-state index contributed by atoms with van der Waals surface area (Å²) in [5.41, 5.74) is 8.05. The van der Waals surface area contributed by atoms with E-state index in [1.807, 2.05) is 62.4 Å². The number of halogens is 1. The highest BCUT2D eigenvalue weighted by Crippen LogP contribution is 2.52. The summed E-state index contributed by atoms with van der Waals surface area (Å²) in [6.45, 7) is 3.79. The van der Waals surface area contributed by atoms with E-state index in [1.165, 1.54) is 4.90 Å². The quantitative estimate of drug-likeness (QED) is 0.759. The summed E-state index contributed by atoms with van der Waals surface area (Å²) in [7, 11) is 0. The van der Waals surface area contributed by atoms with Gasteiger partial charge in [-0.3, -0.25) is 9.69 Å². The Morgan fingerprint density at radius 1 is 1.21 bits per heavy atom. The van der Waals surface area contributed by atoms with E-state index < -0.39 is 5.54 Å². The molecule has 6 heteroatoms. The summed E-state index contributed by atoms with van der Waals surface area (Å²) in [5, 5.41) is 10.6. The Kier molecular flexibility index (Phi) is 5.13. The number of hydrogen-bond acceptors (Lipinski definition) is 4. The highest BCUT2D eigenvalue weighted by Gasteiger charge is 2.59. The number of benzene rings is 2. The Hall–Kier alpha value is -2.37. The average Bonchev–Trinajstić information content (AvgIpc) is 3.51. The van der Waals surface area contributed by atoms with Crippen molar-refractivity contribution in [2.45, 2.75) is 38.3 Å². The second-order valence-corrected chi connectivity index (χ2v) is 8.71. The van der Waals surface area contributed by atoms with Crippen molar-refractivity contribution >= 4 is 23.5 Å². The van der Waals surface area contributed by atoms with Crippen LogP contribution < -0.4 is 5.73 Å². The number of amides is 1. The number of aliphatic hydroxyl groups is 1. The fourth-order valence-corrected chi connectivity index (χ4v) is 4.47. The van der Waals surface area contributed by atoms with Gasteiger partial charge in [-0.25, -0.2) is 4.99 Å². The molecular weight excluding hydrogens is 386 g/mol. The summed E-state index contributed by atoms with van der Waals surface area (Å²) in [6, 6.07) is 15.2. The third-order valence-electron chi connectivity index (χ3n) is 6.00. The molecule has 1 saturated carbocycles. The number of aliphatic imine (C=N–C) groups is 1. The summed E-state index contributed by atoms with van der Waals surface area (Å²) in [6.07, 6.45) is 1.87. The lowest BCUT2D eigenvalue weighted by molar-refractivity contribution is -0.135. The van der Waals surface area contributed by atoms with Gasteiger partial charge in [0, 0.05) is 5.02 Å². The van der Waals surface area contributed by atoms with Gasteiger partial charge in [-0.05, 0) is 59.6 Å². The number of rotatable bonds is 6. The molecule has 0 bridgehead atoms. The standard InChI is InChI=1S/C23H26ClN3O2/c1-14(2)20(13-28)27-21(29)23(17-9-10-17,26-22(27)25)18-7-3-5-15(11-18)16-6-4-8-19(24)12-16/h3-8,11-12,14,17,20,28H,9-10,13H2,1-2H3,(H2,25,26). The molecule has 5 nitrogen and oxygen atoms in total. The van der Waals surface area contributed by atoms with E-state index in [-0.39, 0.29) is 36.4 Å². The third-order valence-corrected chi connectivity index (χ3v) is 6.23. The molecule has 2 unspecified atom stereocenters. The van der Waals surface area contributed by atoms with Crippen LogP contribution in [0.1, 0.15) is 32.3 Å². The van der Waals surface area contributed by atoms with Crippen LogP contribution in [0.25, 0.3) is 11.1 Å². The van der Waals surface area contributed by atoms with Crippen LogP contribution >= 0.6 is 11.6 Å². The minimum Gasteiger partial charge on any atom is -0.394 e. The van der Waals surface area contributed by atoms with Gasteiger partial charge in [-0.2, -0.15) is 0 Å². The number of nitrogens with two attached hydrogens (primary N) is 1. The fourth-order valence-electron chi connectivity index (χ4n) is 4.28. The van der Waals surface area contributed by atoms with Crippen LogP contribution in [-0.2, 0) is 10.3 Å². The van der Waals surface area contributed by atoms with Crippen LogP contribution in [0.3, 0.4) is 0 Å². The normalized spacial score (nSPS) is 22.9. The van der Waals surface area contributed by atoms with Crippen LogP contribution in [0.15, 0.2) is 53.5 Å². The van der Waals surface area contributed by atoms with E-state index in [4.69, 9.17) is 22.3 Å². The first-order chi connectivity index (χ1) is 13.9. The van der Waals surface area contributed by atoms with Gasteiger partial charge in [-0.1, -0.05) is 55.8 Å². The van der Waals surface area contributed by atoms with Gasteiger partial charge in [0.1, 0.15) is 0 Å². The molecule has 1 aliphatic carbocycles. The van der Waals surface area contributed by atoms with Crippen molar-refractivity contribution in [3.63, 3.8) is 0 Å². The lowest BCUT2D eigenvalue weighted by atomic mass is 9.83. The minimum atomic E-state index is -1.01. The van der Waals surface area contributed by atoms with Crippen molar-refractivity contribution in [3.8, 4) is 11.1 Å². The second kappa shape index (κ2) is 7.47. The van der Waals surface area contributed by atoms with E-state index in [1.54, 1.807) is 0 Å². The van der Waals surface area contributed by atoms with Crippen molar-refractivity contribution < 1.29 is 9.90 Å². The first-order valence-electron chi connectivity index (χ1n) is 10.0. The fraction of sp³-hybridized carbons (Fsp3) is 0.391. The molecule has 0 aromatic heterocycles. The molecule has 0 radical (unpaired) electrons. The molecule has 1 aliphatic heterocycles. The molecule has 0 spiro atoms. The monoisotopic (exact) mass is 411 g/mol. The summed E-state index contributed by atoms with van der Waals surface area (Å²) >= 11 is 6.17. The number of hydrogen-bond donors (Lipinski definition) is 2. The minimum absolute atomic E-state index is 0.0606. The van der Waals surface area contributed by atoms with Gasteiger partial charge >= 0.3 is 0 Å². The number of carbonyl (C=O) groups is 1. The van der Waals surface area contributed by atoms with Crippen molar-refractivity contribution in [1.29, 1.82) is 0 Å². The number of nitrogens with zero attached hydrogens (tertiary/aromatic N) is 2. The zero-order chi connectivity index (χ0) is 20.8. The molecule has 2 aromatic carbocycles. The second-order valence-electron chi connectivity index (χ2n) is 8.27. The van der Waals surface area contributed by atoms with E-state index >= 15 is 0 Å². The molecule has 1 fully saturated rings. The smallest absolute Gasteiger partial charge is 0.262 e. The predicted molar refractivity (Wildman–Crippen MR) is 115 cm³/mol. The van der Waals surface area contributed by atoms with E-state index in [2.05, 4.69) is 0 Å². The van der Waals surface area contributed by atoms with Crippen LogP contribution in [0.4, 0.5) is 0 Å². The molecular formula is C23H26ClN3O2. The van der Waals surface area contributed by atoms with Gasteiger partial charge in [0.15, 0.2) is 11.5 Å². The zero-order valence-corrected chi connectivity index (χ0v) is 17.4. The molecule has 4 rings (SSSR count). The van der Waals surface area contributed by atoms with Crippen LogP contribution in [0.2, 0.25) is 5.02 Å². The van der Waals surface area contributed by atoms with Gasteiger partial charge in [-0.15, -0.1) is 0 Å². The van der Waals surface area contributed by atoms with E-state index in [0.29, 0.717) is 5.02 Å². The molecule has 3 N–H and O–H groups in total. The molecule has 152 valence electrons. The Bertz CT molecular complexity index is 970.